The van der Waals surface area contributed by atoms with Crippen LogP contribution in [0.15, 0.2) is 47.6 Å². The number of aliphatic imine (C=N–C) groups is 1. The summed E-state index contributed by atoms with van der Waals surface area (Å²) in [5, 5.41) is 0. The van der Waals surface area contributed by atoms with E-state index in [9.17, 15) is 0 Å². The van der Waals surface area contributed by atoms with Crippen LogP contribution in [0.5, 0.6) is 5.75 Å². The maximum atomic E-state index is 5.34. The first kappa shape index (κ1) is 13.3. The Morgan fingerprint density at radius 3 is 2.68 bits per heavy atom. The average molecular weight is 254 g/mol. The van der Waals surface area contributed by atoms with Gasteiger partial charge in [0, 0.05) is 18.0 Å². The molecule has 2 aromatic rings. The van der Waals surface area contributed by atoms with Gasteiger partial charge in [-0.1, -0.05) is 24.3 Å². The lowest BCUT2D eigenvalue weighted by molar-refractivity contribution is 0.407. The van der Waals surface area contributed by atoms with Crippen molar-refractivity contribution in [2.24, 2.45) is 4.99 Å². The molecule has 1 unspecified atom stereocenters. The number of hydrogen-bond donors (Lipinski definition) is 0. The van der Waals surface area contributed by atoms with Crippen LogP contribution in [0.2, 0.25) is 0 Å². The summed E-state index contributed by atoms with van der Waals surface area (Å²) in [6.45, 7) is 4.06. The topological polar surface area (TPSA) is 34.5 Å². The zero-order valence-corrected chi connectivity index (χ0v) is 11.5. The number of para-hydroxylation sites is 1. The predicted molar refractivity (Wildman–Crippen MR) is 78.0 cm³/mol. The molecule has 0 saturated heterocycles. The maximum absolute atomic E-state index is 5.34. The third-order valence-corrected chi connectivity index (χ3v) is 2.95. The van der Waals surface area contributed by atoms with E-state index in [4.69, 9.17) is 4.74 Å². The van der Waals surface area contributed by atoms with Crippen molar-refractivity contribution in [3.05, 3.63) is 59.4 Å². The Balaban J connectivity index is 2.16. The quantitative estimate of drug-likeness (QED) is 0.782. The van der Waals surface area contributed by atoms with Crippen LogP contribution >= 0.6 is 0 Å². The zero-order valence-electron chi connectivity index (χ0n) is 11.5. The monoisotopic (exact) mass is 254 g/mol. The number of methoxy groups -OCH3 is 1. The third kappa shape index (κ3) is 3.41. The lowest BCUT2D eigenvalue weighted by atomic mass is 10.1. The highest BCUT2D eigenvalue weighted by Gasteiger charge is 2.08. The molecule has 1 heterocycles. The van der Waals surface area contributed by atoms with E-state index in [2.05, 4.69) is 9.98 Å². The molecule has 3 nitrogen and oxygen atoms in total. The van der Waals surface area contributed by atoms with E-state index in [1.807, 2.05) is 56.4 Å². The van der Waals surface area contributed by atoms with Crippen molar-refractivity contribution in [1.82, 2.24) is 4.98 Å². The van der Waals surface area contributed by atoms with Gasteiger partial charge in [-0.2, -0.15) is 0 Å². The van der Waals surface area contributed by atoms with Crippen molar-refractivity contribution < 1.29 is 4.74 Å². The van der Waals surface area contributed by atoms with Crippen molar-refractivity contribution in [1.29, 1.82) is 0 Å². The molecule has 19 heavy (non-hydrogen) atoms. The van der Waals surface area contributed by atoms with Gasteiger partial charge in [0.2, 0.25) is 0 Å². The number of ether oxygens (including phenoxy) is 1. The zero-order chi connectivity index (χ0) is 13.7. The van der Waals surface area contributed by atoms with Crippen molar-refractivity contribution in [3.8, 4) is 5.75 Å². The molecule has 98 valence electrons. The largest absolute Gasteiger partial charge is 0.496 e. The normalized spacial score (nSPS) is 12.6. The minimum absolute atomic E-state index is 0.0410. The van der Waals surface area contributed by atoms with E-state index >= 15 is 0 Å². The first-order valence-corrected chi connectivity index (χ1v) is 6.29. The summed E-state index contributed by atoms with van der Waals surface area (Å²) in [5.41, 5.74) is 3.09. The molecule has 2 rings (SSSR count). The van der Waals surface area contributed by atoms with Crippen molar-refractivity contribution >= 4 is 6.21 Å². The lowest BCUT2D eigenvalue weighted by Crippen LogP contribution is -1.96. The molecule has 1 aromatic carbocycles. The summed E-state index contributed by atoms with van der Waals surface area (Å²) in [6.07, 6.45) is 3.64. The van der Waals surface area contributed by atoms with Gasteiger partial charge in [0.25, 0.3) is 0 Å². The molecule has 0 spiro atoms. The van der Waals surface area contributed by atoms with Crippen molar-refractivity contribution in [2.75, 3.05) is 7.11 Å². The molecule has 0 bridgehead atoms. The first-order valence-electron chi connectivity index (χ1n) is 6.29. The SMILES string of the molecule is COc1ccccc1C(C)N=Cc1ccc(C)cn1. The summed E-state index contributed by atoms with van der Waals surface area (Å²) in [5.74, 6) is 0.865. The number of rotatable bonds is 4. The van der Waals surface area contributed by atoms with Crippen LogP contribution < -0.4 is 4.74 Å². The fourth-order valence-electron chi connectivity index (χ4n) is 1.84. The minimum atomic E-state index is 0.0410. The molecule has 0 N–H and O–H groups in total. The van der Waals surface area contributed by atoms with E-state index in [0.717, 1.165) is 22.6 Å². The van der Waals surface area contributed by atoms with Gasteiger partial charge in [0.1, 0.15) is 5.75 Å². The Morgan fingerprint density at radius 1 is 1.21 bits per heavy atom. The van der Waals surface area contributed by atoms with Gasteiger partial charge in [-0.15, -0.1) is 0 Å². The van der Waals surface area contributed by atoms with E-state index in [0.29, 0.717) is 0 Å². The van der Waals surface area contributed by atoms with Crippen molar-refractivity contribution in [3.63, 3.8) is 0 Å². The van der Waals surface area contributed by atoms with Gasteiger partial charge in [0.05, 0.1) is 18.8 Å². The standard InChI is InChI=1S/C16H18N2O/c1-12-8-9-14(18-10-12)11-17-13(2)15-6-4-5-7-16(15)19-3/h4-11,13H,1-3H3. The number of aromatic nitrogens is 1. The summed E-state index contributed by atoms with van der Waals surface area (Å²) in [4.78, 5) is 8.84. The molecular formula is C16H18N2O. The fourth-order valence-corrected chi connectivity index (χ4v) is 1.84. The third-order valence-electron chi connectivity index (χ3n) is 2.95. The smallest absolute Gasteiger partial charge is 0.124 e. The van der Waals surface area contributed by atoms with Crippen LogP contribution in [0.1, 0.15) is 29.8 Å². The Morgan fingerprint density at radius 2 is 2.00 bits per heavy atom. The highest BCUT2D eigenvalue weighted by Crippen LogP contribution is 2.26. The molecule has 0 aliphatic carbocycles. The molecule has 0 radical (unpaired) electrons. The van der Waals surface area contributed by atoms with Gasteiger partial charge in [-0.3, -0.25) is 9.98 Å². The van der Waals surface area contributed by atoms with Gasteiger partial charge >= 0.3 is 0 Å². The van der Waals surface area contributed by atoms with Gasteiger partial charge < -0.3 is 4.74 Å². The predicted octanol–water partition coefficient (Wildman–Crippen LogP) is 3.58. The van der Waals surface area contributed by atoms with Crippen LogP contribution in [-0.2, 0) is 0 Å². The van der Waals surface area contributed by atoms with Gasteiger partial charge in [-0.05, 0) is 31.5 Å². The first-order chi connectivity index (χ1) is 9.20. The Hall–Kier alpha value is -2.16. The number of hydrogen-bond acceptors (Lipinski definition) is 3. The molecule has 0 aliphatic heterocycles. The summed E-state index contributed by atoms with van der Waals surface area (Å²) in [6, 6.07) is 12.0. The Bertz CT molecular complexity index is 561. The second-order valence-corrected chi connectivity index (χ2v) is 4.46. The lowest BCUT2D eigenvalue weighted by Gasteiger charge is -2.11. The molecule has 0 amide bonds. The van der Waals surface area contributed by atoms with E-state index in [1.54, 1.807) is 13.3 Å². The molecule has 0 aliphatic rings. The van der Waals surface area contributed by atoms with E-state index in [-0.39, 0.29) is 6.04 Å². The number of aryl methyl sites for hydroxylation is 1. The minimum Gasteiger partial charge on any atom is -0.496 e. The Labute approximate surface area is 114 Å². The second-order valence-electron chi connectivity index (χ2n) is 4.46. The number of pyridine rings is 1. The van der Waals surface area contributed by atoms with Crippen LogP contribution in [0.3, 0.4) is 0 Å². The molecule has 3 heteroatoms. The van der Waals surface area contributed by atoms with E-state index < -0.39 is 0 Å². The molecule has 1 atom stereocenters. The number of nitrogens with zero attached hydrogens (tertiary/aromatic N) is 2. The second kappa shape index (κ2) is 6.14. The van der Waals surface area contributed by atoms with Gasteiger partial charge in [-0.25, -0.2) is 0 Å². The highest BCUT2D eigenvalue weighted by atomic mass is 16.5. The van der Waals surface area contributed by atoms with Crippen molar-refractivity contribution in [2.45, 2.75) is 19.9 Å². The maximum Gasteiger partial charge on any atom is 0.124 e. The van der Waals surface area contributed by atoms with Crippen LogP contribution in [-0.4, -0.2) is 18.3 Å². The summed E-state index contributed by atoms with van der Waals surface area (Å²) in [7, 11) is 1.68. The average Bonchev–Trinajstić information content (AvgIpc) is 2.46. The van der Waals surface area contributed by atoms with Crippen LogP contribution in [0.4, 0.5) is 0 Å². The van der Waals surface area contributed by atoms with Gasteiger partial charge in [0.15, 0.2) is 0 Å². The molecule has 1 aromatic heterocycles. The summed E-state index contributed by atoms with van der Waals surface area (Å²) >= 11 is 0. The van der Waals surface area contributed by atoms with Crippen LogP contribution in [0, 0.1) is 6.92 Å². The molecule has 0 saturated carbocycles. The highest BCUT2D eigenvalue weighted by molar-refractivity contribution is 5.77. The summed E-state index contributed by atoms with van der Waals surface area (Å²) < 4.78 is 5.34. The van der Waals surface area contributed by atoms with E-state index in [1.165, 1.54) is 0 Å². The van der Waals surface area contributed by atoms with Crippen LogP contribution in [0.25, 0.3) is 0 Å². The Kier molecular flexibility index (Phi) is 4.29. The fraction of sp³-hybridized carbons (Fsp3) is 0.250. The molecule has 0 fully saturated rings. The number of benzene rings is 1. The molecular weight excluding hydrogens is 236 g/mol.